The fourth-order valence-electron chi connectivity index (χ4n) is 1.65. The van der Waals surface area contributed by atoms with E-state index in [2.05, 4.69) is 15.9 Å². The SMILES string of the molecule is O=S(=O)(c1ccccc1)N1CC[C@@H](Br)C1. The van der Waals surface area contributed by atoms with Crippen LogP contribution in [0.4, 0.5) is 0 Å². The molecule has 0 saturated carbocycles. The molecule has 1 fully saturated rings. The van der Waals surface area contributed by atoms with Gasteiger partial charge in [-0.1, -0.05) is 34.1 Å². The minimum absolute atomic E-state index is 0.288. The zero-order chi connectivity index (χ0) is 10.9. The standard InChI is InChI=1S/C10H12BrNO2S/c11-9-6-7-12(8-9)15(13,14)10-4-2-1-3-5-10/h1-5,9H,6-8H2/t9-/m1/s1. The van der Waals surface area contributed by atoms with Gasteiger partial charge in [-0.05, 0) is 18.6 Å². The number of halogens is 1. The average Bonchev–Trinajstić information content (AvgIpc) is 2.67. The summed E-state index contributed by atoms with van der Waals surface area (Å²) in [6.45, 7) is 1.17. The Morgan fingerprint density at radius 3 is 2.47 bits per heavy atom. The normalized spacial score (nSPS) is 23.1. The van der Waals surface area contributed by atoms with Crippen LogP contribution in [0.3, 0.4) is 0 Å². The third-order valence-electron chi connectivity index (χ3n) is 2.47. The maximum atomic E-state index is 12.1. The van der Waals surface area contributed by atoms with Crippen LogP contribution in [0.25, 0.3) is 0 Å². The van der Waals surface area contributed by atoms with Gasteiger partial charge in [-0.3, -0.25) is 0 Å². The summed E-state index contributed by atoms with van der Waals surface area (Å²) in [5.74, 6) is 0. The van der Waals surface area contributed by atoms with Crippen molar-refractivity contribution in [3.63, 3.8) is 0 Å². The van der Waals surface area contributed by atoms with E-state index in [9.17, 15) is 8.42 Å². The molecule has 5 heteroatoms. The number of nitrogens with zero attached hydrogens (tertiary/aromatic N) is 1. The van der Waals surface area contributed by atoms with E-state index in [1.807, 2.05) is 6.07 Å². The molecule has 1 aliphatic heterocycles. The minimum Gasteiger partial charge on any atom is -0.207 e. The highest BCUT2D eigenvalue weighted by Crippen LogP contribution is 2.23. The second-order valence-corrected chi connectivity index (χ2v) is 6.79. The minimum atomic E-state index is -3.27. The van der Waals surface area contributed by atoms with Gasteiger partial charge in [0, 0.05) is 17.9 Å². The quantitative estimate of drug-likeness (QED) is 0.779. The third kappa shape index (κ3) is 2.24. The Bertz CT molecular complexity index is 432. The van der Waals surface area contributed by atoms with Crippen LogP contribution in [-0.4, -0.2) is 30.6 Å². The van der Waals surface area contributed by atoms with Crippen LogP contribution in [-0.2, 0) is 10.0 Å². The molecule has 1 saturated heterocycles. The summed E-state index contributed by atoms with van der Waals surface area (Å²) >= 11 is 3.44. The third-order valence-corrected chi connectivity index (χ3v) is 5.10. The van der Waals surface area contributed by atoms with Crippen LogP contribution >= 0.6 is 15.9 Å². The highest BCUT2D eigenvalue weighted by molar-refractivity contribution is 9.09. The number of hydrogen-bond donors (Lipinski definition) is 0. The first-order chi connectivity index (χ1) is 7.10. The van der Waals surface area contributed by atoms with Gasteiger partial charge in [-0.25, -0.2) is 8.42 Å². The van der Waals surface area contributed by atoms with Gasteiger partial charge in [0.25, 0.3) is 0 Å². The maximum absolute atomic E-state index is 12.1. The molecule has 0 N–H and O–H groups in total. The fraction of sp³-hybridized carbons (Fsp3) is 0.400. The lowest BCUT2D eigenvalue weighted by atomic mass is 10.4. The number of rotatable bonds is 2. The summed E-state index contributed by atoms with van der Waals surface area (Å²) in [5, 5.41) is 0. The Balaban J connectivity index is 2.28. The molecule has 0 aromatic heterocycles. The monoisotopic (exact) mass is 289 g/mol. The molecule has 15 heavy (non-hydrogen) atoms. The van der Waals surface area contributed by atoms with Crippen molar-refractivity contribution in [2.24, 2.45) is 0 Å². The van der Waals surface area contributed by atoms with Crippen molar-refractivity contribution in [2.45, 2.75) is 16.1 Å². The zero-order valence-electron chi connectivity index (χ0n) is 8.14. The summed E-state index contributed by atoms with van der Waals surface area (Å²) in [7, 11) is -3.27. The van der Waals surface area contributed by atoms with E-state index >= 15 is 0 Å². The molecule has 1 aromatic carbocycles. The van der Waals surface area contributed by atoms with Crippen molar-refractivity contribution in [3.8, 4) is 0 Å². The Labute approximate surface area is 98.3 Å². The molecular weight excluding hydrogens is 278 g/mol. The van der Waals surface area contributed by atoms with Crippen LogP contribution in [0.1, 0.15) is 6.42 Å². The van der Waals surface area contributed by atoms with Gasteiger partial charge in [-0.15, -0.1) is 0 Å². The summed E-state index contributed by atoms with van der Waals surface area (Å²) < 4.78 is 25.7. The molecule has 1 aliphatic rings. The Kier molecular flexibility index (Phi) is 3.13. The fourth-order valence-corrected chi connectivity index (χ4v) is 3.91. The van der Waals surface area contributed by atoms with E-state index in [0.717, 1.165) is 6.42 Å². The van der Waals surface area contributed by atoms with Crippen LogP contribution in [0.5, 0.6) is 0 Å². The molecular formula is C10H12BrNO2S. The zero-order valence-corrected chi connectivity index (χ0v) is 10.5. The van der Waals surface area contributed by atoms with E-state index in [-0.39, 0.29) is 4.83 Å². The molecule has 0 radical (unpaired) electrons. The van der Waals surface area contributed by atoms with Crippen LogP contribution in [0.15, 0.2) is 35.2 Å². The van der Waals surface area contributed by atoms with Crippen molar-refractivity contribution < 1.29 is 8.42 Å². The topological polar surface area (TPSA) is 37.4 Å². The Morgan fingerprint density at radius 1 is 1.27 bits per heavy atom. The van der Waals surface area contributed by atoms with Gasteiger partial charge in [0.05, 0.1) is 4.90 Å². The molecule has 1 atom stereocenters. The summed E-state index contributed by atoms with van der Waals surface area (Å²) in [5.41, 5.74) is 0. The van der Waals surface area contributed by atoms with Crippen molar-refractivity contribution in [1.82, 2.24) is 4.31 Å². The Hall–Kier alpha value is -0.390. The van der Waals surface area contributed by atoms with Crippen molar-refractivity contribution >= 4 is 26.0 Å². The predicted octanol–water partition coefficient (Wildman–Crippen LogP) is 1.84. The molecule has 0 bridgehead atoms. The Morgan fingerprint density at radius 2 is 1.93 bits per heavy atom. The summed E-state index contributed by atoms with van der Waals surface area (Å²) in [6, 6.07) is 8.58. The lowest BCUT2D eigenvalue weighted by Crippen LogP contribution is -2.28. The number of benzene rings is 1. The molecule has 82 valence electrons. The second-order valence-electron chi connectivity index (χ2n) is 3.56. The molecule has 2 rings (SSSR count). The molecule has 0 spiro atoms. The van der Waals surface area contributed by atoms with Gasteiger partial charge in [0.2, 0.25) is 10.0 Å². The largest absolute Gasteiger partial charge is 0.243 e. The number of hydrogen-bond acceptors (Lipinski definition) is 2. The van der Waals surface area contributed by atoms with E-state index in [1.165, 1.54) is 4.31 Å². The first kappa shape index (κ1) is 11.1. The van der Waals surface area contributed by atoms with E-state index in [1.54, 1.807) is 24.3 Å². The summed E-state index contributed by atoms with van der Waals surface area (Å²) in [6.07, 6.45) is 0.881. The van der Waals surface area contributed by atoms with E-state index < -0.39 is 10.0 Å². The van der Waals surface area contributed by atoms with Gasteiger partial charge < -0.3 is 0 Å². The van der Waals surface area contributed by atoms with E-state index in [4.69, 9.17) is 0 Å². The molecule has 0 amide bonds. The van der Waals surface area contributed by atoms with Crippen molar-refractivity contribution in [3.05, 3.63) is 30.3 Å². The first-order valence-electron chi connectivity index (χ1n) is 4.80. The molecule has 3 nitrogen and oxygen atoms in total. The van der Waals surface area contributed by atoms with Crippen molar-refractivity contribution in [1.29, 1.82) is 0 Å². The summed E-state index contributed by atoms with van der Waals surface area (Å²) in [4.78, 5) is 0.669. The van der Waals surface area contributed by atoms with E-state index in [0.29, 0.717) is 18.0 Å². The molecule has 1 aromatic rings. The number of sulfonamides is 1. The lowest BCUT2D eigenvalue weighted by Gasteiger charge is -2.15. The smallest absolute Gasteiger partial charge is 0.207 e. The maximum Gasteiger partial charge on any atom is 0.243 e. The molecule has 0 aliphatic carbocycles. The molecule has 1 heterocycles. The van der Waals surface area contributed by atoms with Crippen molar-refractivity contribution in [2.75, 3.05) is 13.1 Å². The van der Waals surface area contributed by atoms with Crippen LogP contribution in [0.2, 0.25) is 0 Å². The van der Waals surface area contributed by atoms with Crippen LogP contribution in [0, 0.1) is 0 Å². The average molecular weight is 290 g/mol. The molecule has 0 unspecified atom stereocenters. The van der Waals surface area contributed by atoms with Gasteiger partial charge in [0.1, 0.15) is 0 Å². The second kappa shape index (κ2) is 4.23. The highest BCUT2D eigenvalue weighted by atomic mass is 79.9. The van der Waals surface area contributed by atoms with Gasteiger partial charge in [0.15, 0.2) is 0 Å². The predicted molar refractivity (Wildman–Crippen MR) is 62.5 cm³/mol. The van der Waals surface area contributed by atoms with Gasteiger partial charge >= 0.3 is 0 Å². The number of alkyl halides is 1. The van der Waals surface area contributed by atoms with Crippen LogP contribution < -0.4 is 0 Å². The van der Waals surface area contributed by atoms with Gasteiger partial charge in [-0.2, -0.15) is 4.31 Å². The lowest BCUT2D eigenvalue weighted by molar-refractivity contribution is 0.478. The first-order valence-corrected chi connectivity index (χ1v) is 7.15. The highest BCUT2D eigenvalue weighted by Gasteiger charge is 2.30.